The summed E-state index contributed by atoms with van der Waals surface area (Å²) in [6, 6.07) is 3.53. The van der Waals surface area contributed by atoms with Gasteiger partial charge in [-0.2, -0.15) is 0 Å². The van der Waals surface area contributed by atoms with Gasteiger partial charge in [0.15, 0.2) is 0 Å². The zero-order chi connectivity index (χ0) is 12.4. The number of hydrogen-bond donors (Lipinski definition) is 2. The van der Waals surface area contributed by atoms with Gasteiger partial charge in [0.1, 0.15) is 6.10 Å². The smallest absolute Gasteiger partial charge is 0.224 e. The molecule has 0 spiro atoms. The first kappa shape index (κ1) is 12.4. The fourth-order valence-electron chi connectivity index (χ4n) is 1.92. The van der Waals surface area contributed by atoms with Crippen molar-refractivity contribution in [3.63, 3.8) is 0 Å². The Kier molecular flexibility index (Phi) is 3.66. The lowest BCUT2D eigenvalue weighted by Crippen LogP contribution is -2.20. The van der Waals surface area contributed by atoms with Crippen molar-refractivity contribution in [2.75, 3.05) is 19.0 Å². The van der Waals surface area contributed by atoms with Crippen molar-refractivity contribution < 1.29 is 14.6 Å². The van der Waals surface area contributed by atoms with E-state index in [1.807, 2.05) is 6.07 Å². The molecule has 0 saturated carbocycles. The third-order valence-corrected chi connectivity index (χ3v) is 3.09. The Balaban J connectivity index is 2.34. The Morgan fingerprint density at radius 2 is 2.29 bits per heavy atom. The van der Waals surface area contributed by atoms with Crippen molar-refractivity contribution >= 4 is 23.2 Å². The number of anilines is 1. The molecule has 1 aliphatic heterocycles. The molecule has 0 saturated heterocycles. The number of fused-ring (bicyclic) bond motifs is 1. The summed E-state index contributed by atoms with van der Waals surface area (Å²) in [6.07, 6.45) is 0.405. The van der Waals surface area contributed by atoms with E-state index in [-0.39, 0.29) is 12.5 Å². The summed E-state index contributed by atoms with van der Waals surface area (Å²) in [7, 11) is 1.53. The lowest BCUT2D eigenvalue weighted by atomic mass is 9.98. The maximum atomic E-state index is 11.3. The molecule has 0 aromatic heterocycles. The fourth-order valence-corrected chi connectivity index (χ4v) is 2.22. The Morgan fingerprint density at radius 1 is 1.53 bits per heavy atom. The molecule has 1 heterocycles. The number of aliphatic hydroxyl groups excluding tert-OH is 1. The second kappa shape index (κ2) is 5.04. The molecule has 17 heavy (non-hydrogen) atoms. The zero-order valence-electron chi connectivity index (χ0n) is 9.50. The maximum Gasteiger partial charge on any atom is 0.224 e. The number of methoxy groups -OCH3 is 1. The minimum atomic E-state index is -0.694. The Bertz CT molecular complexity index is 448. The highest BCUT2D eigenvalue weighted by Gasteiger charge is 2.20. The molecule has 2 N–H and O–H groups in total. The van der Waals surface area contributed by atoms with Crippen LogP contribution in [-0.2, 0) is 16.0 Å². The average Bonchev–Trinajstić information content (AvgIpc) is 2.30. The van der Waals surface area contributed by atoms with Crippen molar-refractivity contribution in [3.05, 3.63) is 28.3 Å². The summed E-state index contributed by atoms with van der Waals surface area (Å²) in [5, 5.41) is 13.0. The highest BCUT2D eigenvalue weighted by Crippen LogP contribution is 2.33. The number of carbonyl (C=O) groups excluding carboxylic acids is 1. The minimum Gasteiger partial charge on any atom is -0.386 e. The molecule has 1 aliphatic rings. The Hall–Kier alpha value is -1.10. The van der Waals surface area contributed by atoms with Crippen LogP contribution in [0.2, 0.25) is 5.02 Å². The second-order valence-corrected chi connectivity index (χ2v) is 4.46. The van der Waals surface area contributed by atoms with Gasteiger partial charge in [0.2, 0.25) is 5.91 Å². The highest BCUT2D eigenvalue weighted by atomic mass is 35.5. The first-order chi connectivity index (χ1) is 8.11. The quantitative estimate of drug-likeness (QED) is 0.867. The van der Waals surface area contributed by atoms with Crippen molar-refractivity contribution in [1.29, 1.82) is 0 Å². The van der Waals surface area contributed by atoms with Crippen molar-refractivity contribution in [1.82, 2.24) is 0 Å². The van der Waals surface area contributed by atoms with Crippen molar-refractivity contribution in [2.24, 2.45) is 0 Å². The van der Waals surface area contributed by atoms with Crippen LogP contribution in [0.4, 0.5) is 5.69 Å². The maximum absolute atomic E-state index is 11.3. The molecule has 5 heteroatoms. The standard InChI is InChI=1S/C12H14ClNO3/c1-17-6-10(15)8-4-7-2-3-11(16)14-12(7)9(13)5-8/h4-5,10,15H,2-3,6H2,1H3,(H,14,16). The lowest BCUT2D eigenvalue weighted by molar-refractivity contribution is -0.116. The van der Waals surface area contributed by atoms with Crippen LogP contribution in [0.1, 0.15) is 23.7 Å². The molecule has 4 nitrogen and oxygen atoms in total. The van der Waals surface area contributed by atoms with Crippen LogP contribution in [0.3, 0.4) is 0 Å². The van der Waals surface area contributed by atoms with Gasteiger partial charge in [0.25, 0.3) is 0 Å². The molecule has 1 atom stereocenters. The summed E-state index contributed by atoms with van der Waals surface area (Å²) < 4.78 is 4.90. The number of aliphatic hydroxyl groups is 1. The van der Waals surface area contributed by atoms with Gasteiger partial charge >= 0.3 is 0 Å². The molecule has 0 fully saturated rings. The number of aryl methyl sites for hydroxylation is 1. The van der Waals surface area contributed by atoms with E-state index in [0.29, 0.717) is 29.1 Å². The van der Waals surface area contributed by atoms with Crippen LogP contribution in [0, 0.1) is 0 Å². The predicted molar refractivity (Wildman–Crippen MR) is 65.2 cm³/mol. The number of rotatable bonds is 3. The Morgan fingerprint density at radius 3 is 3.00 bits per heavy atom. The lowest BCUT2D eigenvalue weighted by Gasteiger charge is -2.20. The number of nitrogens with one attached hydrogen (secondary N) is 1. The molecule has 0 bridgehead atoms. The molecule has 0 aliphatic carbocycles. The number of carbonyl (C=O) groups is 1. The minimum absolute atomic E-state index is 0.0235. The van der Waals surface area contributed by atoms with E-state index in [1.165, 1.54) is 7.11 Å². The summed E-state index contributed by atoms with van der Waals surface area (Å²) in [6.45, 7) is 0.224. The third kappa shape index (κ3) is 2.60. The van der Waals surface area contributed by atoms with Gasteiger partial charge in [-0.25, -0.2) is 0 Å². The van der Waals surface area contributed by atoms with Crippen LogP contribution in [-0.4, -0.2) is 24.7 Å². The van der Waals surface area contributed by atoms with E-state index in [4.69, 9.17) is 16.3 Å². The normalized spacial score (nSPS) is 16.3. The fraction of sp³-hybridized carbons (Fsp3) is 0.417. The number of hydrogen-bond acceptors (Lipinski definition) is 3. The highest BCUT2D eigenvalue weighted by molar-refractivity contribution is 6.34. The topological polar surface area (TPSA) is 58.6 Å². The van der Waals surface area contributed by atoms with Crippen LogP contribution >= 0.6 is 11.6 Å². The second-order valence-electron chi connectivity index (χ2n) is 4.06. The first-order valence-corrected chi connectivity index (χ1v) is 5.78. The van der Waals surface area contributed by atoms with Crippen LogP contribution in [0.5, 0.6) is 0 Å². The third-order valence-electron chi connectivity index (χ3n) is 2.79. The number of benzene rings is 1. The molecule has 92 valence electrons. The number of ether oxygens (including phenoxy) is 1. The molecule has 2 rings (SSSR count). The van der Waals surface area contributed by atoms with E-state index >= 15 is 0 Å². The molecule has 1 unspecified atom stereocenters. The molecule has 1 aromatic rings. The number of amides is 1. The van der Waals surface area contributed by atoms with Crippen molar-refractivity contribution in [3.8, 4) is 0 Å². The monoisotopic (exact) mass is 255 g/mol. The largest absolute Gasteiger partial charge is 0.386 e. The van der Waals surface area contributed by atoms with Gasteiger partial charge in [-0.3, -0.25) is 4.79 Å². The van der Waals surface area contributed by atoms with E-state index in [1.54, 1.807) is 6.07 Å². The Labute approximate surface area is 105 Å². The van der Waals surface area contributed by atoms with Crippen LogP contribution in [0.15, 0.2) is 12.1 Å². The van der Waals surface area contributed by atoms with Gasteiger partial charge < -0.3 is 15.2 Å². The first-order valence-electron chi connectivity index (χ1n) is 5.41. The van der Waals surface area contributed by atoms with E-state index in [0.717, 1.165) is 5.56 Å². The van der Waals surface area contributed by atoms with Gasteiger partial charge in [-0.05, 0) is 23.6 Å². The van der Waals surface area contributed by atoms with Crippen LogP contribution < -0.4 is 5.32 Å². The molecular formula is C12H14ClNO3. The van der Waals surface area contributed by atoms with Gasteiger partial charge in [0, 0.05) is 13.5 Å². The summed E-state index contributed by atoms with van der Waals surface area (Å²) in [4.78, 5) is 11.3. The molecule has 1 aromatic carbocycles. The van der Waals surface area contributed by atoms with Gasteiger partial charge in [-0.15, -0.1) is 0 Å². The van der Waals surface area contributed by atoms with Crippen LogP contribution in [0.25, 0.3) is 0 Å². The van der Waals surface area contributed by atoms with Gasteiger partial charge in [-0.1, -0.05) is 17.7 Å². The number of halogens is 1. The molecular weight excluding hydrogens is 242 g/mol. The SMILES string of the molecule is COCC(O)c1cc(Cl)c2c(c1)CCC(=O)N2. The summed E-state index contributed by atoms with van der Waals surface area (Å²) in [5.74, 6) is -0.0235. The molecule has 0 radical (unpaired) electrons. The zero-order valence-corrected chi connectivity index (χ0v) is 10.3. The summed E-state index contributed by atoms with van der Waals surface area (Å²) in [5.41, 5.74) is 2.34. The van der Waals surface area contributed by atoms with Gasteiger partial charge in [0.05, 0.1) is 17.3 Å². The average molecular weight is 256 g/mol. The predicted octanol–water partition coefficient (Wildman–Crippen LogP) is 1.90. The van der Waals surface area contributed by atoms with E-state index < -0.39 is 6.10 Å². The summed E-state index contributed by atoms with van der Waals surface area (Å²) >= 11 is 6.09. The van der Waals surface area contributed by atoms with E-state index in [2.05, 4.69) is 5.32 Å². The van der Waals surface area contributed by atoms with E-state index in [9.17, 15) is 9.90 Å². The molecule has 1 amide bonds. The van der Waals surface area contributed by atoms with Crippen molar-refractivity contribution in [2.45, 2.75) is 18.9 Å².